The van der Waals surface area contributed by atoms with Crippen molar-refractivity contribution in [3.05, 3.63) is 36.4 Å². The summed E-state index contributed by atoms with van der Waals surface area (Å²) in [6, 6.07) is 5.38. The van der Waals surface area contributed by atoms with Crippen LogP contribution in [0.2, 0.25) is 0 Å². The van der Waals surface area contributed by atoms with Gasteiger partial charge in [0.15, 0.2) is 17.5 Å². The summed E-state index contributed by atoms with van der Waals surface area (Å²) in [6.45, 7) is 7.69. The average molecular weight is 477 g/mol. The molecule has 7 heteroatoms. The molecule has 0 heterocycles. The van der Waals surface area contributed by atoms with E-state index in [1.807, 2.05) is 26.1 Å². The Hall–Kier alpha value is -1.48. The van der Waals surface area contributed by atoms with Gasteiger partial charge in [-0.3, -0.25) is 4.99 Å². The zero-order valence-corrected chi connectivity index (χ0v) is 18.5. The highest BCUT2D eigenvalue weighted by Crippen LogP contribution is 2.30. The van der Waals surface area contributed by atoms with Gasteiger partial charge in [-0.25, -0.2) is 0 Å². The molecule has 26 heavy (non-hydrogen) atoms. The summed E-state index contributed by atoms with van der Waals surface area (Å²) in [5, 5.41) is 13.7. The Morgan fingerprint density at radius 1 is 1.35 bits per heavy atom. The lowest BCUT2D eigenvalue weighted by Gasteiger charge is -2.22. The van der Waals surface area contributed by atoms with Gasteiger partial charge in [-0.05, 0) is 37.5 Å². The number of hydrogen-bond donors (Lipinski definition) is 2. The van der Waals surface area contributed by atoms with Gasteiger partial charge in [-0.2, -0.15) is 0 Å². The van der Waals surface area contributed by atoms with E-state index in [1.54, 1.807) is 26.4 Å². The number of unbranched alkanes of at least 4 members (excludes halogenated alkanes) is 1. The molecule has 0 aliphatic carbocycles. The van der Waals surface area contributed by atoms with Crippen LogP contribution in [0.3, 0.4) is 0 Å². The van der Waals surface area contributed by atoms with E-state index >= 15 is 0 Å². The molecule has 1 aromatic carbocycles. The van der Waals surface area contributed by atoms with Crippen molar-refractivity contribution >= 4 is 29.9 Å². The van der Waals surface area contributed by atoms with Crippen LogP contribution in [0.4, 0.5) is 0 Å². The molecule has 1 rings (SSSR count). The second-order valence-electron chi connectivity index (χ2n) is 5.68. The number of aliphatic hydroxyl groups is 1. The van der Waals surface area contributed by atoms with Crippen molar-refractivity contribution in [2.75, 3.05) is 40.9 Å². The zero-order valence-electron chi connectivity index (χ0n) is 16.2. The molecule has 0 fully saturated rings. The van der Waals surface area contributed by atoms with Gasteiger partial charge in [0, 0.05) is 20.1 Å². The number of aliphatic hydroxyl groups excluding tert-OH is 1. The fourth-order valence-electron chi connectivity index (χ4n) is 2.39. The topological polar surface area (TPSA) is 66.3 Å². The molecule has 0 aliphatic rings. The first-order chi connectivity index (χ1) is 12.1. The summed E-state index contributed by atoms with van der Waals surface area (Å²) >= 11 is 0. The van der Waals surface area contributed by atoms with Crippen LogP contribution in [0, 0.1) is 0 Å². The minimum Gasteiger partial charge on any atom is -0.493 e. The van der Waals surface area contributed by atoms with Gasteiger partial charge < -0.3 is 24.8 Å². The Morgan fingerprint density at radius 2 is 2.04 bits per heavy atom. The predicted octanol–water partition coefficient (Wildman–Crippen LogP) is 3.22. The summed E-state index contributed by atoms with van der Waals surface area (Å²) < 4.78 is 10.5. The van der Waals surface area contributed by atoms with E-state index in [1.165, 1.54) is 0 Å². The number of aliphatic imine (C=N–C) groups is 1. The molecule has 0 aromatic heterocycles. The van der Waals surface area contributed by atoms with Crippen LogP contribution in [-0.2, 0) is 0 Å². The van der Waals surface area contributed by atoms with Gasteiger partial charge in [0.2, 0.25) is 0 Å². The van der Waals surface area contributed by atoms with Crippen molar-refractivity contribution in [2.45, 2.75) is 25.9 Å². The standard InChI is InChI=1S/C19H31N3O3.HI/c1-6-8-9-12-22(3)19(20-7-2)21-14-16(23)15-10-11-17(24-4)18(13-15)25-5;/h6,10-11,13,16,23H,1,7-9,12,14H2,2-5H3,(H,20,21);1H. The minimum atomic E-state index is -0.713. The lowest BCUT2D eigenvalue weighted by atomic mass is 10.1. The van der Waals surface area contributed by atoms with Crippen LogP contribution in [-0.4, -0.2) is 56.9 Å². The summed E-state index contributed by atoms with van der Waals surface area (Å²) in [5.41, 5.74) is 0.742. The molecule has 0 radical (unpaired) electrons. The van der Waals surface area contributed by atoms with Crippen molar-refractivity contribution in [2.24, 2.45) is 4.99 Å². The number of guanidine groups is 1. The highest BCUT2D eigenvalue weighted by Gasteiger charge is 2.13. The maximum absolute atomic E-state index is 10.5. The molecule has 0 saturated carbocycles. The Morgan fingerprint density at radius 3 is 2.62 bits per heavy atom. The van der Waals surface area contributed by atoms with E-state index in [0.717, 1.165) is 37.5 Å². The van der Waals surface area contributed by atoms with Crippen molar-refractivity contribution in [1.82, 2.24) is 10.2 Å². The van der Waals surface area contributed by atoms with Gasteiger partial charge >= 0.3 is 0 Å². The first-order valence-corrected chi connectivity index (χ1v) is 8.57. The quantitative estimate of drug-likeness (QED) is 0.178. The number of benzene rings is 1. The second kappa shape index (κ2) is 13.7. The van der Waals surface area contributed by atoms with Crippen molar-refractivity contribution < 1.29 is 14.6 Å². The van der Waals surface area contributed by atoms with Crippen LogP contribution in [0.25, 0.3) is 0 Å². The molecule has 1 unspecified atom stereocenters. The van der Waals surface area contributed by atoms with Crippen molar-refractivity contribution in [3.8, 4) is 11.5 Å². The predicted molar refractivity (Wildman–Crippen MR) is 118 cm³/mol. The maximum Gasteiger partial charge on any atom is 0.193 e. The number of ether oxygens (including phenoxy) is 2. The number of nitrogens with one attached hydrogen (secondary N) is 1. The minimum absolute atomic E-state index is 0. The summed E-state index contributed by atoms with van der Waals surface area (Å²) in [6.07, 6.45) is 3.19. The molecular weight excluding hydrogens is 445 g/mol. The normalized spacial score (nSPS) is 12.0. The van der Waals surface area contributed by atoms with Crippen LogP contribution in [0.15, 0.2) is 35.8 Å². The first kappa shape index (κ1) is 24.5. The summed E-state index contributed by atoms with van der Waals surface area (Å²) in [5.74, 6) is 2.01. The first-order valence-electron chi connectivity index (χ1n) is 8.57. The third-order valence-electron chi connectivity index (χ3n) is 3.80. The highest BCUT2D eigenvalue weighted by atomic mass is 127. The molecule has 1 aromatic rings. The summed E-state index contributed by atoms with van der Waals surface area (Å²) in [4.78, 5) is 6.61. The van der Waals surface area contributed by atoms with Gasteiger partial charge in [-0.1, -0.05) is 12.1 Å². The Balaban J connectivity index is 0.00000625. The molecule has 0 aliphatic heterocycles. The Bertz CT molecular complexity index is 567. The number of methoxy groups -OCH3 is 2. The average Bonchev–Trinajstić information content (AvgIpc) is 2.64. The molecule has 148 valence electrons. The third kappa shape index (κ3) is 7.82. The number of hydrogen-bond acceptors (Lipinski definition) is 4. The van der Waals surface area contributed by atoms with Crippen LogP contribution in [0.1, 0.15) is 31.4 Å². The Kier molecular flexibility index (Phi) is 12.9. The smallest absolute Gasteiger partial charge is 0.193 e. The SMILES string of the molecule is C=CCCCN(C)C(=NCC(O)c1ccc(OC)c(OC)c1)NCC.I. The molecule has 0 bridgehead atoms. The largest absolute Gasteiger partial charge is 0.493 e. The molecule has 2 N–H and O–H groups in total. The molecular formula is C19H32IN3O3. The monoisotopic (exact) mass is 477 g/mol. The van der Waals surface area contributed by atoms with Crippen LogP contribution in [0.5, 0.6) is 11.5 Å². The number of allylic oxidation sites excluding steroid dienone is 1. The zero-order chi connectivity index (χ0) is 18.7. The lowest BCUT2D eigenvalue weighted by molar-refractivity contribution is 0.186. The van der Waals surface area contributed by atoms with Crippen molar-refractivity contribution in [1.29, 1.82) is 0 Å². The van der Waals surface area contributed by atoms with E-state index in [-0.39, 0.29) is 30.5 Å². The number of nitrogens with zero attached hydrogens (tertiary/aromatic N) is 2. The van der Waals surface area contributed by atoms with E-state index < -0.39 is 6.10 Å². The van der Waals surface area contributed by atoms with Crippen LogP contribution >= 0.6 is 24.0 Å². The molecule has 0 spiro atoms. The van der Waals surface area contributed by atoms with E-state index in [9.17, 15) is 5.11 Å². The highest BCUT2D eigenvalue weighted by molar-refractivity contribution is 14.0. The molecule has 0 amide bonds. The molecule has 6 nitrogen and oxygen atoms in total. The van der Waals surface area contributed by atoms with E-state index in [4.69, 9.17) is 9.47 Å². The van der Waals surface area contributed by atoms with Gasteiger partial charge in [0.25, 0.3) is 0 Å². The maximum atomic E-state index is 10.5. The number of halogens is 1. The summed E-state index contributed by atoms with van der Waals surface area (Å²) in [7, 11) is 5.16. The third-order valence-corrected chi connectivity index (χ3v) is 3.80. The van der Waals surface area contributed by atoms with Crippen molar-refractivity contribution in [3.63, 3.8) is 0 Å². The van der Waals surface area contributed by atoms with Crippen LogP contribution < -0.4 is 14.8 Å². The molecule has 1 atom stereocenters. The number of rotatable bonds is 10. The van der Waals surface area contributed by atoms with E-state index in [2.05, 4.69) is 21.8 Å². The van der Waals surface area contributed by atoms with Gasteiger partial charge in [-0.15, -0.1) is 30.6 Å². The Labute approximate surface area is 174 Å². The molecule has 0 saturated heterocycles. The van der Waals surface area contributed by atoms with Gasteiger partial charge in [0.05, 0.1) is 26.9 Å². The van der Waals surface area contributed by atoms with Gasteiger partial charge in [0.1, 0.15) is 0 Å². The lowest BCUT2D eigenvalue weighted by Crippen LogP contribution is -2.39. The van der Waals surface area contributed by atoms with E-state index in [0.29, 0.717) is 11.5 Å². The fraction of sp³-hybridized carbons (Fsp3) is 0.526. The second-order valence-corrected chi connectivity index (χ2v) is 5.68. The fourth-order valence-corrected chi connectivity index (χ4v) is 2.39.